The molecule has 0 amide bonds. The molecule has 0 spiro atoms. The summed E-state index contributed by atoms with van der Waals surface area (Å²) in [5, 5.41) is 61.4. The number of aromatic carboxylic acids is 2. The van der Waals surface area contributed by atoms with Crippen molar-refractivity contribution in [2.75, 3.05) is 0 Å². The minimum atomic E-state index is -7.20. The lowest BCUT2D eigenvalue weighted by atomic mass is 9.49. The lowest BCUT2D eigenvalue weighted by molar-refractivity contribution is -0.410. The largest absolute Gasteiger partial charge is 0.544 e. The number of carboxylic acid groups (broad SMARTS) is 5. The van der Waals surface area contributed by atoms with E-state index < -0.39 is 76.7 Å². The normalized spacial score (nSPS) is 24.1. The van der Waals surface area contributed by atoms with Gasteiger partial charge in [0.25, 0.3) is 0 Å². The lowest BCUT2D eigenvalue weighted by Gasteiger charge is -2.54. The van der Waals surface area contributed by atoms with E-state index in [2.05, 4.69) is 27.7 Å². The second-order valence-corrected chi connectivity index (χ2v) is 19.5. The smallest absolute Gasteiger partial charge is 0.460 e. The first-order valence-corrected chi connectivity index (χ1v) is 23.2. The van der Waals surface area contributed by atoms with Gasteiger partial charge in [0.1, 0.15) is 46.0 Å². The molecule has 6 fully saturated rings. The van der Waals surface area contributed by atoms with Gasteiger partial charge in [-0.15, -0.1) is 0 Å². The van der Waals surface area contributed by atoms with Crippen molar-refractivity contribution in [1.82, 2.24) is 0 Å². The van der Waals surface area contributed by atoms with Crippen molar-refractivity contribution < 1.29 is 113 Å². The number of hydrogen-bond acceptors (Lipinski definition) is 9. The van der Waals surface area contributed by atoms with E-state index in [-0.39, 0.29) is 22.1 Å². The zero-order valence-corrected chi connectivity index (χ0v) is 40.3. The van der Waals surface area contributed by atoms with Crippen LogP contribution in [0.3, 0.4) is 0 Å². The van der Waals surface area contributed by atoms with Crippen LogP contribution in [-0.2, 0) is 19.2 Å². The van der Waals surface area contributed by atoms with Crippen LogP contribution in [0.2, 0.25) is 0 Å². The number of hydrogen-bond donors (Lipinski definition) is 6. The summed E-state index contributed by atoms with van der Waals surface area (Å²) in [5.41, 5.74) is -0.912. The van der Waals surface area contributed by atoms with Crippen molar-refractivity contribution in [3.63, 3.8) is 0 Å². The van der Waals surface area contributed by atoms with E-state index >= 15 is 0 Å². The SMILES string of the molecule is CCC12CCC(CC1=O)C2(C)C.CCCCCCCC(=O)O.O=C(O)C12CC3CC(CC(C3)C1)C2.O=C(O)c1c(O)cc(F)cc1F.O=C(O)c1ccccc1O.O=C([O-])C(F)(F)C(F)(F)C(F)(F)C(F)(F)F. The standard InChI is InChI=1S/C11H16O2.C11H18O.C8H16O2.C7H4F2O3.C7H6O3.C5HF9O2/c12-10(13)11-4-7-1-8(5-11)3-9(2-7)6-11;1-4-11-6-5-8(7-9(11)12)10(11,2)3;1-2-3-4-5-6-7-8(9)10;8-3-1-4(9)6(7(11)12)5(10)2-3;8-6-4-2-1-3-5(6)7(9)10;6-2(7,1(15)16)3(8,9)4(10,11)5(12,13)14/h7-9H,1-6H2,(H,12,13);8H,4-7H2,1-3H3;2-7H2,1H3,(H,9,10);1-2,10H,(H,11,12);1-4,8H,(H,9,10);(H,15,16)/p-1. The van der Waals surface area contributed by atoms with Crippen molar-refractivity contribution in [2.24, 2.45) is 39.9 Å². The Morgan fingerprint density at radius 1 is 0.712 bits per heavy atom. The van der Waals surface area contributed by atoms with E-state index in [4.69, 9.17) is 25.5 Å². The summed E-state index contributed by atoms with van der Waals surface area (Å²) in [6, 6.07) is 6.74. The Balaban J connectivity index is 0.000000302. The fourth-order valence-corrected chi connectivity index (χ4v) is 10.8. The zero-order chi connectivity index (χ0) is 56.3. The molecule has 6 aliphatic carbocycles. The number of halogens is 11. The van der Waals surface area contributed by atoms with Crippen LogP contribution in [0.15, 0.2) is 36.4 Å². The highest BCUT2D eigenvalue weighted by Gasteiger charge is 2.82. The van der Waals surface area contributed by atoms with E-state index in [1.807, 2.05) is 0 Å². The number of aliphatic carboxylic acids is 3. The number of ketones is 1. The highest BCUT2D eigenvalue weighted by atomic mass is 19.4. The maximum Gasteiger partial charge on any atom is 0.460 e. The highest BCUT2D eigenvalue weighted by molar-refractivity contribution is 5.91. The molecule has 0 radical (unpaired) electrons. The van der Waals surface area contributed by atoms with Gasteiger partial charge in [-0.25, -0.2) is 18.4 Å². The van der Waals surface area contributed by atoms with Crippen LogP contribution in [0.5, 0.6) is 11.5 Å². The van der Waals surface area contributed by atoms with Gasteiger partial charge in [0.05, 0.1) is 5.41 Å². The van der Waals surface area contributed by atoms with Crippen molar-refractivity contribution in [2.45, 2.75) is 154 Å². The van der Waals surface area contributed by atoms with Crippen LogP contribution in [-0.4, -0.2) is 90.2 Å². The zero-order valence-electron chi connectivity index (χ0n) is 40.3. The number of para-hydroxylation sites is 1. The van der Waals surface area contributed by atoms with Crippen LogP contribution >= 0.6 is 0 Å². The quantitative estimate of drug-likeness (QED) is 0.0808. The number of carbonyl (C=O) groups is 6. The number of unbranched alkanes of at least 4 members (excludes halogenated alkanes) is 4. The third kappa shape index (κ3) is 14.8. The van der Waals surface area contributed by atoms with E-state index in [1.54, 1.807) is 12.1 Å². The first-order valence-electron chi connectivity index (χ1n) is 23.2. The molecular weight excluding hydrogens is 1010 g/mol. The van der Waals surface area contributed by atoms with Gasteiger partial charge in [-0.3, -0.25) is 14.4 Å². The van der Waals surface area contributed by atoms with E-state index in [9.17, 15) is 87.3 Å². The highest BCUT2D eigenvalue weighted by Crippen LogP contribution is 2.65. The average molecular weight is 1070 g/mol. The van der Waals surface area contributed by atoms with Gasteiger partial charge in [-0.2, -0.15) is 39.5 Å². The van der Waals surface area contributed by atoms with E-state index in [1.165, 1.54) is 57.1 Å². The minimum Gasteiger partial charge on any atom is -0.544 e. The molecule has 73 heavy (non-hydrogen) atoms. The summed E-state index contributed by atoms with van der Waals surface area (Å²) in [6.45, 7) is 8.91. The summed E-state index contributed by atoms with van der Waals surface area (Å²) < 4.78 is 131. The Labute approximate surface area is 412 Å². The van der Waals surface area contributed by atoms with Crippen LogP contribution in [0.25, 0.3) is 0 Å². The first-order chi connectivity index (χ1) is 33.4. The molecule has 2 aromatic carbocycles. The molecular formula is C49H60F11O13-. The van der Waals surface area contributed by atoms with Gasteiger partial charge in [0, 0.05) is 30.4 Å². The maximum absolute atomic E-state index is 12.6. The van der Waals surface area contributed by atoms with Crippen molar-refractivity contribution >= 4 is 35.6 Å². The molecule has 13 nitrogen and oxygen atoms in total. The Kier molecular flexibility index (Phi) is 21.7. The predicted molar refractivity (Wildman–Crippen MR) is 234 cm³/mol. The van der Waals surface area contributed by atoms with Crippen LogP contribution < -0.4 is 5.11 Å². The van der Waals surface area contributed by atoms with Crippen LogP contribution in [0.1, 0.15) is 151 Å². The number of carbonyl (C=O) groups excluding carboxylic acids is 2. The summed E-state index contributed by atoms with van der Waals surface area (Å²) in [5.74, 6) is -28.9. The van der Waals surface area contributed by atoms with E-state index in [0.29, 0.717) is 35.7 Å². The second-order valence-electron chi connectivity index (χ2n) is 19.5. The van der Waals surface area contributed by atoms with Gasteiger partial charge in [-0.05, 0) is 105 Å². The molecule has 2 atom stereocenters. The maximum atomic E-state index is 12.6. The van der Waals surface area contributed by atoms with Crippen molar-refractivity contribution in [1.29, 1.82) is 0 Å². The Hall–Kier alpha value is -5.71. The summed E-state index contributed by atoms with van der Waals surface area (Å²) >= 11 is 0. The topological polar surface area (TPSA) is 247 Å². The molecule has 0 heterocycles. The Bertz CT molecular complexity index is 2210. The number of rotatable bonds is 13. The Morgan fingerprint density at radius 2 is 1.22 bits per heavy atom. The van der Waals surface area contributed by atoms with Gasteiger partial charge < -0.3 is 40.5 Å². The fraction of sp³-hybridized carbons (Fsp3) is 0.633. The molecule has 6 N–H and O–H groups in total. The molecule has 24 heteroatoms. The van der Waals surface area contributed by atoms with Crippen LogP contribution in [0.4, 0.5) is 48.3 Å². The summed E-state index contributed by atoms with van der Waals surface area (Å²) in [4.78, 5) is 63.0. The fourth-order valence-electron chi connectivity index (χ4n) is 10.8. The third-order valence-electron chi connectivity index (χ3n) is 14.5. The first kappa shape index (κ1) is 63.4. The lowest BCUT2D eigenvalue weighted by Crippen LogP contribution is -2.65. The number of alkyl halides is 9. The van der Waals surface area contributed by atoms with Crippen molar-refractivity contribution in [3.05, 3.63) is 59.2 Å². The minimum absolute atomic E-state index is 0.0671. The average Bonchev–Trinajstić information content (AvgIpc) is 3.62. The Morgan fingerprint density at radius 3 is 1.55 bits per heavy atom. The number of fused-ring (bicyclic) bond motifs is 2. The van der Waals surface area contributed by atoms with Gasteiger partial charge in [-0.1, -0.05) is 65.5 Å². The van der Waals surface area contributed by atoms with Gasteiger partial charge in [0.15, 0.2) is 0 Å². The molecule has 0 saturated heterocycles. The summed E-state index contributed by atoms with van der Waals surface area (Å²) in [7, 11) is 0. The van der Waals surface area contributed by atoms with Gasteiger partial charge >= 0.3 is 47.8 Å². The summed E-state index contributed by atoms with van der Waals surface area (Å²) in [6.07, 6.45) is 10.1. The monoisotopic (exact) mass is 1070 g/mol. The third-order valence-corrected chi connectivity index (χ3v) is 14.5. The molecule has 2 unspecified atom stereocenters. The number of benzene rings is 2. The molecule has 0 aliphatic heterocycles. The molecule has 412 valence electrons. The number of Topliss-reactive ketones (excluding diaryl/α,β-unsaturated/α-hetero) is 1. The number of aromatic hydroxyl groups is 2. The molecule has 6 saturated carbocycles. The van der Waals surface area contributed by atoms with E-state index in [0.717, 1.165) is 69.1 Å². The molecule has 8 rings (SSSR count). The predicted octanol–water partition coefficient (Wildman–Crippen LogP) is 11.2. The second kappa shape index (κ2) is 25.0. The van der Waals surface area contributed by atoms with Crippen molar-refractivity contribution in [3.8, 4) is 11.5 Å². The molecule has 2 aromatic rings. The van der Waals surface area contributed by atoms with Crippen LogP contribution in [0, 0.1) is 51.6 Å². The number of phenols is 2. The number of carboxylic acids is 5. The molecule has 6 bridgehead atoms. The van der Waals surface area contributed by atoms with Gasteiger partial charge in [0.2, 0.25) is 0 Å². The molecule has 6 aliphatic rings. The molecule has 0 aromatic heterocycles.